The van der Waals surface area contributed by atoms with Crippen molar-refractivity contribution in [2.24, 2.45) is 5.41 Å². The van der Waals surface area contributed by atoms with Crippen LogP contribution >= 0.6 is 0 Å². The first-order valence-electron chi connectivity index (χ1n) is 6.09. The summed E-state index contributed by atoms with van der Waals surface area (Å²) in [5.41, 5.74) is 0.836. The topological polar surface area (TPSA) is 45.5 Å². The van der Waals surface area contributed by atoms with Gasteiger partial charge >= 0.3 is 0 Å². The van der Waals surface area contributed by atoms with Crippen LogP contribution in [-0.4, -0.2) is 30.9 Å². The largest absolute Gasteiger partial charge is 0.472 e. The van der Waals surface area contributed by atoms with Crippen LogP contribution < -0.4 is 5.32 Å². The molecule has 0 radical (unpaired) electrons. The van der Waals surface area contributed by atoms with Crippen LogP contribution in [0.1, 0.15) is 25.3 Å². The van der Waals surface area contributed by atoms with Gasteiger partial charge in [-0.15, -0.1) is 0 Å². The van der Waals surface area contributed by atoms with Gasteiger partial charge in [0.1, 0.15) is 0 Å². The molecule has 94 valence electrons. The molecule has 0 unspecified atom stereocenters. The molecular formula is C13H20N2O2. The fourth-order valence-corrected chi connectivity index (χ4v) is 2.38. The Labute approximate surface area is 102 Å². The average Bonchev–Trinajstić information content (AvgIpc) is 2.81. The first kappa shape index (κ1) is 12.2. The number of amides is 1. The van der Waals surface area contributed by atoms with Crippen molar-refractivity contribution in [3.8, 4) is 0 Å². The summed E-state index contributed by atoms with van der Waals surface area (Å²) in [6, 6.07) is 1.90. The second kappa shape index (κ2) is 4.92. The Morgan fingerprint density at radius 1 is 1.53 bits per heavy atom. The highest BCUT2D eigenvalue weighted by molar-refractivity contribution is 5.82. The maximum Gasteiger partial charge on any atom is 0.228 e. The molecule has 0 spiro atoms. The van der Waals surface area contributed by atoms with E-state index in [1.807, 2.05) is 13.1 Å². The van der Waals surface area contributed by atoms with Crippen LogP contribution in [0, 0.1) is 5.41 Å². The third kappa shape index (κ3) is 2.69. The molecule has 0 aromatic carbocycles. The van der Waals surface area contributed by atoms with Crippen LogP contribution in [0.3, 0.4) is 0 Å². The van der Waals surface area contributed by atoms with Crippen molar-refractivity contribution in [1.82, 2.24) is 10.2 Å². The minimum absolute atomic E-state index is 0.205. The molecule has 0 bridgehead atoms. The van der Waals surface area contributed by atoms with Crippen LogP contribution in [0.5, 0.6) is 0 Å². The van der Waals surface area contributed by atoms with E-state index in [0.29, 0.717) is 6.54 Å². The van der Waals surface area contributed by atoms with Gasteiger partial charge in [-0.1, -0.05) is 6.92 Å². The number of furan rings is 1. The van der Waals surface area contributed by atoms with Gasteiger partial charge in [0.2, 0.25) is 5.91 Å². The molecule has 4 heteroatoms. The molecule has 17 heavy (non-hydrogen) atoms. The molecule has 0 atom stereocenters. The zero-order valence-electron chi connectivity index (χ0n) is 10.5. The predicted octanol–water partition coefficient (Wildman–Crippen LogP) is 1.63. The Morgan fingerprint density at radius 2 is 2.24 bits per heavy atom. The Kier molecular flexibility index (Phi) is 3.52. The number of carbonyl (C=O) groups is 1. The highest BCUT2D eigenvalue weighted by atomic mass is 16.3. The monoisotopic (exact) mass is 236 g/mol. The molecule has 1 fully saturated rings. The van der Waals surface area contributed by atoms with E-state index in [-0.39, 0.29) is 11.3 Å². The van der Waals surface area contributed by atoms with Crippen molar-refractivity contribution < 1.29 is 9.21 Å². The van der Waals surface area contributed by atoms with E-state index in [0.717, 1.165) is 31.5 Å². The molecular weight excluding hydrogens is 216 g/mol. The minimum Gasteiger partial charge on any atom is -0.472 e. The van der Waals surface area contributed by atoms with Gasteiger partial charge in [-0.25, -0.2) is 0 Å². The smallest absolute Gasteiger partial charge is 0.228 e. The summed E-state index contributed by atoms with van der Waals surface area (Å²) in [6.45, 7) is 4.56. The zero-order valence-corrected chi connectivity index (χ0v) is 10.5. The lowest BCUT2D eigenvalue weighted by Crippen LogP contribution is -2.46. The van der Waals surface area contributed by atoms with Gasteiger partial charge in [0.25, 0.3) is 0 Å². The van der Waals surface area contributed by atoms with E-state index in [2.05, 4.69) is 12.2 Å². The van der Waals surface area contributed by atoms with Crippen LogP contribution in [0.25, 0.3) is 0 Å². The van der Waals surface area contributed by atoms with Gasteiger partial charge in [0, 0.05) is 24.6 Å². The van der Waals surface area contributed by atoms with E-state index in [4.69, 9.17) is 4.42 Å². The van der Waals surface area contributed by atoms with Crippen molar-refractivity contribution in [2.45, 2.75) is 26.3 Å². The molecule has 1 aliphatic rings. The normalized spacial score (nSPS) is 18.9. The Balaban J connectivity index is 1.98. The van der Waals surface area contributed by atoms with Gasteiger partial charge in [0.15, 0.2) is 0 Å². The van der Waals surface area contributed by atoms with E-state index in [1.165, 1.54) is 0 Å². The fraction of sp³-hybridized carbons (Fsp3) is 0.615. The van der Waals surface area contributed by atoms with Crippen LogP contribution in [0.4, 0.5) is 0 Å². The summed E-state index contributed by atoms with van der Waals surface area (Å²) in [7, 11) is 1.86. The van der Waals surface area contributed by atoms with Gasteiger partial charge in [-0.3, -0.25) is 4.79 Å². The third-order valence-corrected chi connectivity index (χ3v) is 3.57. The van der Waals surface area contributed by atoms with E-state index >= 15 is 0 Å². The van der Waals surface area contributed by atoms with Crippen LogP contribution in [-0.2, 0) is 11.3 Å². The summed E-state index contributed by atoms with van der Waals surface area (Å²) < 4.78 is 5.02. The Hall–Kier alpha value is -1.29. The zero-order chi connectivity index (χ0) is 12.3. The maximum absolute atomic E-state index is 12.4. The predicted molar refractivity (Wildman–Crippen MR) is 65.4 cm³/mol. The second-order valence-corrected chi connectivity index (χ2v) is 5.10. The van der Waals surface area contributed by atoms with Crippen molar-refractivity contribution in [3.05, 3.63) is 24.2 Å². The van der Waals surface area contributed by atoms with E-state index in [9.17, 15) is 4.79 Å². The molecule has 0 saturated carbocycles. The SMILES string of the molecule is CN(Cc1ccoc1)C(=O)C1(C)CCNCC1. The fourth-order valence-electron chi connectivity index (χ4n) is 2.38. The lowest BCUT2D eigenvalue weighted by Gasteiger charge is -2.35. The summed E-state index contributed by atoms with van der Waals surface area (Å²) in [4.78, 5) is 14.2. The molecule has 2 rings (SSSR count). The molecule has 2 heterocycles. The molecule has 1 amide bonds. The lowest BCUT2D eigenvalue weighted by molar-refractivity contribution is -0.141. The molecule has 1 N–H and O–H groups in total. The van der Waals surface area contributed by atoms with Gasteiger partial charge in [-0.2, -0.15) is 0 Å². The summed E-state index contributed by atoms with van der Waals surface area (Å²) in [6.07, 6.45) is 5.16. The first-order chi connectivity index (χ1) is 8.12. The highest BCUT2D eigenvalue weighted by Crippen LogP contribution is 2.30. The number of nitrogens with zero attached hydrogens (tertiary/aromatic N) is 1. The Bertz CT molecular complexity index is 367. The first-order valence-corrected chi connectivity index (χ1v) is 6.09. The van der Waals surface area contributed by atoms with E-state index in [1.54, 1.807) is 17.4 Å². The van der Waals surface area contributed by atoms with Gasteiger partial charge in [0.05, 0.1) is 12.5 Å². The van der Waals surface area contributed by atoms with Crippen LogP contribution in [0.15, 0.2) is 23.0 Å². The standard InChI is InChI=1S/C13H20N2O2/c1-13(4-6-14-7-5-13)12(16)15(2)9-11-3-8-17-10-11/h3,8,10,14H,4-7,9H2,1-2H3. The molecule has 4 nitrogen and oxygen atoms in total. The molecule has 1 saturated heterocycles. The molecule has 0 aliphatic carbocycles. The van der Waals surface area contributed by atoms with Crippen molar-refractivity contribution in [2.75, 3.05) is 20.1 Å². The average molecular weight is 236 g/mol. The second-order valence-electron chi connectivity index (χ2n) is 5.10. The number of hydrogen-bond acceptors (Lipinski definition) is 3. The third-order valence-electron chi connectivity index (χ3n) is 3.57. The Morgan fingerprint density at radius 3 is 2.82 bits per heavy atom. The maximum atomic E-state index is 12.4. The number of piperidine rings is 1. The van der Waals surface area contributed by atoms with Crippen LogP contribution in [0.2, 0.25) is 0 Å². The molecule has 1 aromatic heterocycles. The lowest BCUT2D eigenvalue weighted by atomic mass is 9.79. The number of rotatable bonds is 3. The van der Waals surface area contributed by atoms with Gasteiger partial charge in [-0.05, 0) is 32.0 Å². The minimum atomic E-state index is -0.205. The number of nitrogens with one attached hydrogen (secondary N) is 1. The summed E-state index contributed by atoms with van der Waals surface area (Å²) in [5.74, 6) is 0.236. The quantitative estimate of drug-likeness (QED) is 0.867. The van der Waals surface area contributed by atoms with Crippen molar-refractivity contribution in [3.63, 3.8) is 0 Å². The molecule has 1 aromatic rings. The van der Waals surface area contributed by atoms with Crippen molar-refractivity contribution >= 4 is 5.91 Å². The van der Waals surface area contributed by atoms with Gasteiger partial charge < -0.3 is 14.6 Å². The highest BCUT2D eigenvalue weighted by Gasteiger charge is 2.36. The van der Waals surface area contributed by atoms with E-state index < -0.39 is 0 Å². The number of carbonyl (C=O) groups excluding carboxylic acids is 1. The number of hydrogen-bond donors (Lipinski definition) is 1. The van der Waals surface area contributed by atoms with Crippen molar-refractivity contribution in [1.29, 1.82) is 0 Å². The summed E-state index contributed by atoms with van der Waals surface area (Å²) in [5, 5.41) is 3.29. The molecule has 1 aliphatic heterocycles. The summed E-state index contributed by atoms with van der Waals surface area (Å²) >= 11 is 0.